The molecule has 0 saturated carbocycles. The van der Waals surface area contributed by atoms with Gasteiger partial charge in [0.2, 0.25) is 5.91 Å². The summed E-state index contributed by atoms with van der Waals surface area (Å²) < 4.78 is 37.7. The lowest BCUT2D eigenvalue weighted by Crippen LogP contribution is -2.51. The van der Waals surface area contributed by atoms with E-state index in [4.69, 9.17) is 11.6 Å². The number of hydrogen-bond donors (Lipinski definition) is 2. The second-order valence-electron chi connectivity index (χ2n) is 6.26. The van der Waals surface area contributed by atoms with Crippen molar-refractivity contribution in [2.45, 2.75) is 6.18 Å². The minimum absolute atomic E-state index is 0.108. The molecule has 2 N–H and O–H groups in total. The molecule has 0 unspecified atom stereocenters. The molecule has 0 atom stereocenters. The smallest absolute Gasteiger partial charge is 0.324 e. The van der Waals surface area contributed by atoms with Gasteiger partial charge in [0.25, 0.3) is 0 Å². The number of nitrogens with one attached hydrogen (secondary N) is 2. The zero-order chi connectivity index (χ0) is 21.0. The average Bonchev–Trinajstić information content (AvgIpc) is 3.13. The van der Waals surface area contributed by atoms with Crippen LogP contribution in [0.1, 0.15) is 5.69 Å². The second kappa shape index (κ2) is 8.97. The van der Waals surface area contributed by atoms with E-state index in [0.29, 0.717) is 48.2 Å². The number of urea groups is 1. The van der Waals surface area contributed by atoms with Gasteiger partial charge in [-0.25, -0.2) is 9.78 Å². The van der Waals surface area contributed by atoms with Crippen LogP contribution >= 0.6 is 22.9 Å². The first kappa shape index (κ1) is 21.3. The molecule has 1 aliphatic rings. The number of benzene rings is 1. The summed E-state index contributed by atoms with van der Waals surface area (Å²) in [6, 6.07) is 6.38. The van der Waals surface area contributed by atoms with Crippen LogP contribution in [0, 0.1) is 0 Å². The fourth-order valence-corrected chi connectivity index (χ4v) is 3.59. The number of alkyl halides is 3. The summed E-state index contributed by atoms with van der Waals surface area (Å²) in [6.07, 6.45) is -4.55. The Labute approximate surface area is 173 Å². The van der Waals surface area contributed by atoms with E-state index >= 15 is 0 Å². The Morgan fingerprint density at radius 1 is 1.14 bits per heavy atom. The van der Waals surface area contributed by atoms with Gasteiger partial charge < -0.3 is 10.2 Å². The Bertz CT molecular complexity index is 884. The Morgan fingerprint density at radius 2 is 1.83 bits per heavy atom. The molecule has 0 bridgehead atoms. The molecule has 156 valence electrons. The summed E-state index contributed by atoms with van der Waals surface area (Å²) >= 11 is 6.73. The zero-order valence-electron chi connectivity index (χ0n) is 15.0. The van der Waals surface area contributed by atoms with Crippen molar-refractivity contribution in [2.75, 3.05) is 43.4 Å². The largest absolute Gasteiger partial charge is 0.434 e. The lowest BCUT2D eigenvalue weighted by molar-refractivity contribution is -0.140. The number of para-hydroxylation sites is 1. The number of nitrogens with zero attached hydrogens (tertiary/aromatic N) is 3. The number of carbonyl (C=O) groups is 2. The van der Waals surface area contributed by atoms with E-state index in [9.17, 15) is 22.8 Å². The van der Waals surface area contributed by atoms with Gasteiger partial charge in [-0.3, -0.25) is 15.0 Å². The first-order valence-corrected chi connectivity index (χ1v) is 9.83. The van der Waals surface area contributed by atoms with Gasteiger partial charge in [0.05, 0.1) is 17.3 Å². The van der Waals surface area contributed by atoms with Crippen LogP contribution in [0.5, 0.6) is 0 Å². The number of hydrogen-bond acceptors (Lipinski definition) is 5. The topological polar surface area (TPSA) is 77.6 Å². The highest BCUT2D eigenvalue weighted by Crippen LogP contribution is 2.31. The minimum Gasteiger partial charge on any atom is -0.324 e. The van der Waals surface area contributed by atoms with Crippen molar-refractivity contribution in [3.05, 3.63) is 40.4 Å². The van der Waals surface area contributed by atoms with Gasteiger partial charge in [-0.15, -0.1) is 11.3 Å². The lowest BCUT2D eigenvalue weighted by atomic mass is 10.3. The first-order chi connectivity index (χ1) is 13.7. The third kappa shape index (κ3) is 5.81. The van der Waals surface area contributed by atoms with Gasteiger partial charge in [-0.2, -0.15) is 13.2 Å². The fourth-order valence-electron chi connectivity index (χ4n) is 2.70. The van der Waals surface area contributed by atoms with E-state index in [1.165, 1.54) is 4.90 Å². The third-order valence-electron chi connectivity index (χ3n) is 4.18. The van der Waals surface area contributed by atoms with E-state index in [-0.39, 0.29) is 17.6 Å². The van der Waals surface area contributed by atoms with Crippen molar-refractivity contribution < 1.29 is 22.8 Å². The molecule has 1 aromatic carbocycles. The molecule has 0 spiro atoms. The molecular formula is C17H17ClF3N5O2S. The third-order valence-corrected chi connectivity index (χ3v) is 5.27. The number of rotatable bonds is 4. The summed E-state index contributed by atoms with van der Waals surface area (Å²) in [5.74, 6) is -0.224. The van der Waals surface area contributed by atoms with Crippen LogP contribution in [-0.2, 0) is 11.0 Å². The van der Waals surface area contributed by atoms with E-state index in [1.54, 1.807) is 24.3 Å². The van der Waals surface area contributed by atoms with Crippen molar-refractivity contribution in [3.63, 3.8) is 0 Å². The Hall–Kier alpha value is -2.37. The number of halogens is 4. The molecule has 7 nitrogen and oxygen atoms in total. The van der Waals surface area contributed by atoms with E-state index in [2.05, 4.69) is 15.6 Å². The van der Waals surface area contributed by atoms with Crippen molar-refractivity contribution >= 4 is 45.7 Å². The van der Waals surface area contributed by atoms with Crippen LogP contribution in [0.2, 0.25) is 5.02 Å². The molecule has 1 aromatic heterocycles. The summed E-state index contributed by atoms with van der Waals surface area (Å²) in [7, 11) is 0. The second-order valence-corrected chi connectivity index (χ2v) is 7.52. The van der Waals surface area contributed by atoms with Crippen LogP contribution in [0.3, 0.4) is 0 Å². The predicted molar refractivity (Wildman–Crippen MR) is 104 cm³/mol. The molecule has 0 aliphatic carbocycles. The van der Waals surface area contributed by atoms with Crippen LogP contribution in [0.4, 0.5) is 28.8 Å². The lowest BCUT2D eigenvalue weighted by Gasteiger charge is -2.34. The van der Waals surface area contributed by atoms with E-state index in [0.717, 1.165) is 5.38 Å². The predicted octanol–water partition coefficient (Wildman–Crippen LogP) is 3.60. The van der Waals surface area contributed by atoms with Crippen molar-refractivity contribution in [1.29, 1.82) is 0 Å². The maximum Gasteiger partial charge on any atom is 0.434 e. The van der Waals surface area contributed by atoms with Gasteiger partial charge >= 0.3 is 12.2 Å². The molecule has 2 heterocycles. The summed E-state index contributed by atoms with van der Waals surface area (Å²) in [4.78, 5) is 31.1. The van der Waals surface area contributed by atoms with Crippen molar-refractivity contribution in [3.8, 4) is 0 Å². The molecular weight excluding hydrogens is 431 g/mol. The van der Waals surface area contributed by atoms with Crippen LogP contribution in [0.15, 0.2) is 29.6 Å². The maximum absolute atomic E-state index is 12.6. The Kier molecular flexibility index (Phi) is 6.60. The number of piperazine rings is 1. The van der Waals surface area contributed by atoms with Crippen LogP contribution in [0.25, 0.3) is 0 Å². The van der Waals surface area contributed by atoms with Gasteiger partial charge in [-0.1, -0.05) is 23.7 Å². The quantitative estimate of drug-likeness (QED) is 0.750. The molecule has 1 saturated heterocycles. The highest BCUT2D eigenvalue weighted by atomic mass is 35.5. The van der Waals surface area contributed by atoms with Gasteiger partial charge in [0, 0.05) is 31.6 Å². The van der Waals surface area contributed by atoms with Crippen molar-refractivity contribution in [2.24, 2.45) is 0 Å². The number of thiazole rings is 1. The molecule has 3 rings (SSSR count). The standard InChI is InChI=1S/C17H17ClF3N5O2S/c18-11-3-1-2-4-12(11)22-14(27)9-25-5-7-26(8-6-25)16(28)24-15-23-13(10-29-15)17(19,20)21/h1-4,10H,5-9H2,(H,22,27)(H,23,24,28). The monoisotopic (exact) mass is 447 g/mol. The van der Waals surface area contributed by atoms with Gasteiger partial charge in [0.15, 0.2) is 10.8 Å². The number of aromatic nitrogens is 1. The van der Waals surface area contributed by atoms with Crippen LogP contribution in [-0.4, -0.2) is 59.4 Å². The number of carbonyl (C=O) groups excluding carboxylic acids is 2. The molecule has 2 aromatic rings. The molecule has 12 heteroatoms. The van der Waals surface area contributed by atoms with Gasteiger partial charge in [0.1, 0.15) is 0 Å². The normalized spacial score (nSPS) is 15.2. The van der Waals surface area contributed by atoms with Gasteiger partial charge in [-0.05, 0) is 12.1 Å². The average molecular weight is 448 g/mol. The summed E-state index contributed by atoms with van der Waals surface area (Å²) in [5, 5.41) is 6.30. The number of amides is 3. The van der Waals surface area contributed by atoms with E-state index < -0.39 is 17.9 Å². The van der Waals surface area contributed by atoms with Crippen molar-refractivity contribution in [1.82, 2.24) is 14.8 Å². The molecule has 0 radical (unpaired) electrons. The Balaban J connectivity index is 1.45. The highest BCUT2D eigenvalue weighted by molar-refractivity contribution is 7.13. The zero-order valence-corrected chi connectivity index (χ0v) is 16.6. The Morgan fingerprint density at radius 3 is 2.45 bits per heavy atom. The highest BCUT2D eigenvalue weighted by Gasteiger charge is 2.34. The summed E-state index contributed by atoms with van der Waals surface area (Å²) in [5.41, 5.74) is -0.508. The molecule has 3 amide bonds. The molecule has 1 aliphatic heterocycles. The first-order valence-electron chi connectivity index (χ1n) is 8.58. The SMILES string of the molecule is O=C(CN1CCN(C(=O)Nc2nc(C(F)(F)F)cs2)CC1)Nc1ccccc1Cl. The minimum atomic E-state index is -4.55. The van der Waals surface area contributed by atoms with Crippen LogP contribution < -0.4 is 10.6 Å². The number of anilines is 2. The summed E-state index contributed by atoms with van der Waals surface area (Å²) in [6.45, 7) is 1.72. The van der Waals surface area contributed by atoms with E-state index in [1.807, 2.05) is 4.90 Å². The maximum atomic E-state index is 12.6. The fraction of sp³-hybridized carbons (Fsp3) is 0.353. The molecule has 1 fully saturated rings. The molecule has 29 heavy (non-hydrogen) atoms.